The first kappa shape index (κ1) is 27.3. The Hall–Kier alpha value is -3.71. The summed E-state index contributed by atoms with van der Waals surface area (Å²) in [6.07, 6.45) is 0.796. The van der Waals surface area contributed by atoms with Crippen LogP contribution in [-0.4, -0.2) is 72.5 Å². The maximum absolute atomic E-state index is 12.3. The van der Waals surface area contributed by atoms with Crippen LogP contribution in [0, 0.1) is 0 Å². The molecule has 13 heteroatoms. The third-order valence-corrected chi connectivity index (χ3v) is 4.50. The van der Waals surface area contributed by atoms with Crippen LogP contribution >= 0.6 is 0 Å². The van der Waals surface area contributed by atoms with Crippen molar-refractivity contribution in [2.75, 3.05) is 19.7 Å². The molecule has 33 heavy (non-hydrogen) atoms. The smallest absolute Gasteiger partial charge is 0.245 e. The van der Waals surface area contributed by atoms with E-state index < -0.39 is 54.9 Å². The number of nitrogens with one attached hydrogen (secondary N) is 3. The highest BCUT2D eigenvalue weighted by Gasteiger charge is 2.25. The first-order valence-corrected chi connectivity index (χ1v) is 10.3. The standard InChI is InChI=1S/C20H32N8O5/c21-13(9-12-5-2-1-3-6-12)18(32)26-10-16(30)27-15(11-29)19(33)28-14(17(22)31)7-4-8-25-20(23)24/h1-3,5-6,13-15,29H,4,7-11,21H2,(H2,22,31)(H,26,32)(H,27,30)(H,28,33)(H4,23,24,25)/t13-,14-,15-/m0/s1. The SMILES string of the molecule is NC(=O)[C@H](CCCN=C(N)N)NC(=O)[C@H](CO)NC(=O)CNC(=O)[C@@H](N)Cc1ccccc1. The fraction of sp³-hybridized carbons (Fsp3) is 0.450. The highest BCUT2D eigenvalue weighted by Crippen LogP contribution is 2.02. The number of hydrogen-bond donors (Lipinski definition) is 8. The minimum atomic E-state index is -1.35. The Morgan fingerprint density at radius 3 is 2.21 bits per heavy atom. The molecule has 0 fully saturated rings. The number of carbonyl (C=O) groups is 4. The van der Waals surface area contributed by atoms with E-state index in [1.165, 1.54) is 0 Å². The van der Waals surface area contributed by atoms with Gasteiger partial charge in [0.05, 0.1) is 19.2 Å². The maximum Gasteiger partial charge on any atom is 0.245 e. The molecule has 12 N–H and O–H groups in total. The van der Waals surface area contributed by atoms with Crippen molar-refractivity contribution >= 4 is 29.6 Å². The molecule has 0 saturated heterocycles. The molecule has 3 atom stereocenters. The minimum absolute atomic E-state index is 0.106. The first-order chi connectivity index (χ1) is 15.6. The number of amides is 4. The van der Waals surface area contributed by atoms with Gasteiger partial charge in [0.25, 0.3) is 0 Å². The van der Waals surface area contributed by atoms with Gasteiger partial charge in [-0.05, 0) is 24.8 Å². The Kier molecular flexibility index (Phi) is 11.9. The third-order valence-electron chi connectivity index (χ3n) is 4.50. The predicted octanol–water partition coefficient (Wildman–Crippen LogP) is -3.83. The average Bonchev–Trinajstić information content (AvgIpc) is 2.77. The zero-order valence-corrected chi connectivity index (χ0v) is 18.2. The summed E-state index contributed by atoms with van der Waals surface area (Å²) in [5.74, 6) is -2.99. The lowest BCUT2D eigenvalue weighted by atomic mass is 10.1. The van der Waals surface area contributed by atoms with Crippen molar-refractivity contribution in [1.82, 2.24) is 16.0 Å². The Bertz CT molecular complexity index is 829. The molecular formula is C20H32N8O5. The summed E-state index contributed by atoms with van der Waals surface area (Å²) in [5, 5.41) is 16.5. The zero-order valence-electron chi connectivity index (χ0n) is 18.2. The number of carbonyl (C=O) groups excluding carboxylic acids is 4. The number of guanidine groups is 1. The number of benzene rings is 1. The summed E-state index contributed by atoms with van der Waals surface area (Å²) in [6.45, 7) is -0.963. The van der Waals surface area contributed by atoms with Gasteiger partial charge in [0.2, 0.25) is 23.6 Å². The molecule has 0 aliphatic rings. The second-order valence-electron chi connectivity index (χ2n) is 7.23. The molecule has 0 spiro atoms. The number of aliphatic hydroxyl groups is 1. The molecule has 0 radical (unpaired) electrons. The average molecular weight is 465 g/mol. The fourth-order valence-electron chi connectivity index (χ4n) is 2.76. The van der Waals surface area contributed by atoms with Gasteiger partial charge in [0.1, 0.15) is 12.1 Å². The Labute approximate surface area is 191 Å². The van der Waals surface area contributed by atoms with Gasteiger partial charge >= 0.3 is 0 Å². The summed E-state index contributed by atoms with van der Waals surface area (Å²) in [5.41, 5.74) is 22.4. The van der Waals surface area contributed by atoms with Crippen molar-refractivity contribution in [3.8, 4) is 0 Å². The Morgan fingerprint density at radius 2 is 1.64 bits per heavy atom. The molecule has 4 amide bonds. The molecule has 1 rings (SSSR count). The molecule has 0 aromatic heterocycles. The molecule has 0 aliphatic heterocycles. The van der Waals surface area contributed by atoms with E-state index in [-0.39, 0.29) is 25.3 Å². The van der Waals surface area contributed by atoms with Crippen LogP contribution in [0.2, 0.25) is 0 Å². The lowest BCUT2D eigenvalue weighted by molar-refractivity contribution is -0.132. The van der Waals surface area contributed by atoms with Crippen LogP contribution in [0.15, 0.2) is 35.3 Å². The van der Waals surface area contributed by atoms with Crippen molar-refractivity contribution in [3.63, 3.8) is 0 Å². The van der Waals surface area contributed by atoms with Gasteiger partial charge in [-0.1, -0.05) is 30.3 Å². The quantitative estimate of drug-likeness (QED) is 0.0768. The number of aliphatic imine (C=N–C) groups is 1. The molecule has 0 heterocycles. The fourth-order valence-corrected chi connectivity index (χ4v) is 2.76. The minimum Gasteiger partial charge on any atom is -0.394 e. The molecular weight excluding hydrogens is 432 g/mol. The van der Waals surface area contributed by atoms with E-state index in [0.717, 1.165) is 5.56 Å². The number of nitrogens with two attached hydrogens (primary N) is 4. The lowest BCUT2D eigenvalue weighted by Gasteiger charge is -2.20. The Morgan fingerprint density at radius 1 is 0.970 bits per heavy atom. The van der Waals surface area contributed by atoms with E-state index in [9.17, 15) is 24.3 Å². The van der Waals surface area contributed by atoms with E-state index in [1.54, 1.807) is 0 Å². The number of primary amides is 1. The van der Waals surface area contributed by atoms with E-state index >= 15 is 0 Å². The van der Waals surface area contributed by atoms with E-state index in [4.69, 9.17) is 22.9 Å². The normalized spacial score (nSPS) is 13.2. The number of rotatable bonds is 14. The molecule has 182 valence electrons. The van der Waals surface area contributed by atoms with Gasteiger partial charge in [-0.15, -0.1) is 0 Å². The highest BCUT2D eigenvalue weighted by atomic mass is 16.3. The molecule has 0 bridgehead atoms. The number of nitrogens with zero attached hydrogens (tertiary/aromatic N) is 1. The molecule has 0 aliphatic carbocycles. The van der Waals surface area contributed by atoms with Crippen LogP contribution < -0.4 is 38.9 Å². The monoisotopic (exact) mass is 464 g/mol. The zero-order chi connectivity index (χ0) is 24.8. The van der Waals surface area contributed by atoms with E-state index in [1.807, 2.05) is 30.3 Å². The van der Waals surface area contributed by atoms with Crippen LogP contribution in [0.25, 0.3) is 0 Å². The van der Waals surface area contributed by atoms with Crippen molar-refractivity contribution in [1.29, 1.82) is 0 Å². The topological polar surface area (TPSA) is 241 Å². The molecule has 0 unspecified atom stereocenters. The Balaban J connectivity index is 2.50. The van der Waals surface area contributed by atoms with E-state index in [0.29, 0.717) is 6.42 Å². The van der Waals surface area contributed by atoms with E-state index in [2.05, 4.69) is 20.9 Å². The van der Waals surface area contributed by atoms with Gasteiger partial charge in [-0.25, -0.2) is 0 Å². The van der Waals surface area contributed by atoms with Gasteiger partial charge in [0, 0.05) is 6.54 Å². The van der Waals surface area contributed by atoms with Gasteiger partial charge in [0.15, 0.2) is 5.96 Å². The maximum atomic E-state index is 12.3. The van der Waals surface area contributed by atoms with Gasteiger partial charge in [-0.3, -0.25) is 24.2 Å². The molecule has 1 aromatic rings. The summed E-state index contributed by atoms with van der Waals surface area (Å²) in [7, 11) is 0. The van der Waals surface area contributed by atoms with Crippen LogP contribution in [0.5, 0.6) is 0 Å². The van der Waals surface area contributed by atoms with Crippen LogP contribution in [0.4, 0.5) is 0 Å². The van der Waals surface area contributed by atoms with Crippen molar-refractivity contribution in [2.24, 2.45) is 27.9 Å². The third kappa shape index (κ3) is 10.9. The second-order valence-corrected chi connectivity index (χ2v) is 7.23. The van der Waals surface area contributed by atoms with Crippen LogP contribution in [0.3, 0.4) is 0 Å². The van der Waals surface area contributed by atoms with Crippen LogP contribution in [0.1, 0.15) is 18.4 Å². The number of aliphatic hydroxyl groups excluding tert-OH is 1. The van der Waals surface area contributed by atoms with Gasteiger partial charge < -0.3 is 44.0 Å². The summed E-state index contributed by atoms with van der Waals surface area (Å²) < 4.78 is 0. The molecule has 13 nitrogen and oxygen atoms in total. The second kappa shape index (κ2) is 14.4. The lowest BCUT2D eigenvalue weighted by Crippen LogP contribution is -2.55. The predicted molar refractivity (Wildman–Crippen MR) is 121 cm³/mol. The molecule has 1 aromatic carbocycles. The molecule has 0 saturated carbocycles. The largest absolute Gasteiger partial charge is 0.394 e. The van der Waals surface area contributed by atoms with Gasteiger partial charge in [-0.2, -0.15) is 0 Å². The summed E-state index contributed by atoms with van der Waals surface area (Å²) >= 11 is 0. The van der Waals surface area contributed by atoms with Crippen molar-refractivity contribution < 1.29 is 24.3 Å². The van der Waals surface area contributed by atoms with Crippen molar-refractivity contribution in [3.05, 3.63) is 35.9 Å². The van der Waals surface area contributed by atoms with Crippen molar-refractivity contribution in [2.45, 2.75) is 37.4 Å². The number of hydrogen-bond acceptors (Lipinski definition) is 7. The summed E-state index contributed by atoms with van der Waals surface area (Å²) in [4.78, 5) is 51.9. The first-order valence-electron chi connectivity index (χ1n) is 10.3. The van der Waals surface area contributed by atoms with Crippen LogP contribution in [-0.2, 0) is 25.6 Å². The summed E-state index contributed by atoms with van der Waals surface area (Å²) in [6, 6.07) is 5.86. The highest BCUT2D eigenvalue weighted by molar-refractivity contribution is 5.93.